The predicted octanol–water partition coefficient (Wildman–Crippen LogP) is 3.07. The molecule has 0 bridgehead atoms. The molecule has 3 heteroatoms. The molecule has 1 aromatic heterocycles. The quantitative estimate of drug-likeness (QED) is 0.741. The first-order valence-electron chi connectivity index (χ1n) is 5.32. The Labute approximate surface area is 99.1 Å². The van der Waals surface area contributed by atoms with E-state index in [0.717, 1.165) is 11.4 Å². The standard InChI is InChI=1S/C14H12FNO/c1-9-6-12(7-10(2)16-9)14(17)11-4-3-5-13(15)8-11/h3-8H,1-2H3. The van der Waals surface area contributed by atoms with Gasteiger partial charge in [0, 0.05) is 22.5 Å². The van der Waals surface area contributed by atoms with Crippen molar-refractivity contribution in [2.24, 2.45) is 0 Å². The van der Waals surface area contributed by atoms with Crippen LogP contribution in [0.15, 0.2) is 36.4 Å². The molecule has 17 heavy (non-hydrogen) atoms. The number of hydrogen-bond acceptors (Lipinski definition) is 2. The van der Waals surface area contributed by atoms with Crippen molar-refractivity contribution in [2.45, 2.75) is 13.8 Å². The van der Waals surface area contributed by atoms with Gasteiger partial charge in [-0.2, -0.15) is 0 Å². The molecule has 0 spiro atoms. The van der Waals surface area contributed by atoms with Crippen LogP contribution in [0.5, 0.6) is 0 Å². The minimum absolute atomic E-state index is 0.182. The van der Waals surface area contributed by atoms with E-state index in [1.807, 2.05) is 13.8 Å². The van der Waals surface area contributed by atoms with E-state index in [2.05, 4.69) is 4.98 Å². The van der Waals surface area contributed by atoms with Crippen molar-refractivity contribution in [1.82, 2.24) is 4.98 Å². The molecular weight excluding hydrogens is 217 g/mol. The van der Waals surface area contributed by atoms with E-state index in [0.29, 0.717) is 11.1 Å². The largest absolute Gasteiger partial charge is 0.289 e. The number of halogens is 1. The smallest absolute Gasteiger partial charge is 0.193 e. The molecular formula is C14H12FNO. The van der Waals surface area contributed by atoms with Crippen molar-refractivity contribution in [3.63, 3.8) is 0 Å². The number of nitrogens with zero attached hydrogens (tertiary/aromatic N) is 1. The number of carbonyl (C=O) groups is 1. The van der Waals surface area contributed by atoms with Crippen LogP contribution in [0.1, 0.15) is 27.3 Å². The summed E-state index contributed by atoms with van der Waals surface area (Å²) >= 11 is 0. The number of ketones is 1. The summed E-state index contributed by atoms with van der Waals surface area (Å²) in [6, 6.07) is 9.12. The van der Waals surface area contributed by atoms with E-state index in [1.165, 1.54) is 18.2 Å². The zero-order valence-corrected chi connectivity index (χ0v) is 9.70. The Bertz CT molecular complexity index is 558. The molecule has 2 aromatic rings. The molecule has 2 rings (SSSR count). The summed E-state index contributed by atoms with van der Waals surface area (Å²) in [6.07, 6.45) is 0. The number of hydrogen-bond donors (Lipinski definition) is 0. The topological polar surface area (TPSA) is 30.0 Å². The molecule has 0 saturated heterocycles. The molecule has 0 aliphatic rings. The van der Waals surface area contributed by atoms with Crippen LogP contribution < -0.4 is 0 Å². The lowest BCUT2D eigenvalue weighted by molar-refractivity contribution is 0.103. The molecule has 0 aliphatic heterocycles. The van der Waals surface area contributed by atoms with E-state index in [1.54, 1.807) is 18.2 Å². The fourth-order valence-corrected chi connectivity index (χ4v) is 1.76. The van der Waals surface area contributed by atoms with Crippen molar-refractivity contribution < 1.29 is 9.18 Å². The average molecular weight is 229 g/mol. The first kappa shape index (κ1) is 11.5. The fraction of sp³-hybridized carbons (Fsp3) is 0.143. The highest BCUT2D eigenvalue weighted by molar-refractivity contribution is 6.09. The second-order valence-corrected chi connectivity index (χ2v) is 3.98. The number of aryl methyl sites for hydroxylation is 2. The highest BCUT2D eigenvalue weighted by Crippen LogP contribution is 2.13. The van der Waals surface area contributed by atoms with Gasteiger partial charge in [0.05, 0.1) is 0 Å². The average Bonchev–Trinajstić information content (AvgIpc) is 2.26. The van der Waals surface area contributed by atoms with Crippen molar-refractivity contribution in [3.05, 3.63) is 64.7 Å². The van der Waals surface area contributed by atoms with Crippen LogP contribution in [0.4, 0.5) is 4.39 Å². The third-order valence-electron chi connectivity index (χ3n) is 2.43. The summed E-state index contributed by atoms with van der Waals surface area (Å²) in [5, 5.41) is 0. The van der Waals surface area contributed by atoms with E-state index in [9.17, 15) is 9.18 Å². The Balaban J connectivity index is 2.43. The van der Waals surface area contributed by atoms with Crippen LogP contribution in [0, 0.1) is 19.7 Å². The van der Waals surface area contributed by atoms with Crippen LogP contribution in [-0.4, -0.2) is 10.8 Å². The summed E-state index contributed by atoms with van der Waals surface area (Å²) in [4.78, 5) is 16.3. The molecule has 0 amide bonds. The molecule has 2 nitrogen and oxygen atoms in total. The van der Waals surface area contributed by atoms with Gasteiger partial charge in [-0.25, -0.2) is 4.39 Å². The molecule has 0 atom stereocenters. The van der Waals surface area contributed by atoms with E-state index in [-0.39, 0.29) is 5.78 Å². The maximum atomic E-state index is 13.0. The molecule has 1 aromatic carbocycles. The Morgan fingerprint density at radius 1 is 1.06 bits per heavy atom. The SMILES string of the molecule is Cc1cc(C(=O)c2cccc(F)c2)cc(C)n1. The lowest BCUT2D eigenvalue weighted by atomic mass is 10.0. The third kappa shape index (κ3) is 2.56. The molecule has 0 aliphatic carbocycles. The Kier molecular flexibility index (Phi) is 3.00. The summed E-state index contributed by atoms with van der Waals surface area (Å²) in [7, 11) is 0. The van der Waals surface area contributed by atoms with Crippen LogP contribution in [0.3, 0.4) is 0 Å². The number of aromatic nitrogens is 1. The van der Waals surface area contributed by atoms with E-state index >= 15 is 0 Å². The Morgan fingerprint density at radius 2 is 1.71 bits per heavy atom. The van der Waals surface area contributed by atoms with Crippen molar-refractivity contribution >= 4 is 5.78 Å². The van der Waals surface area contributed by atoms with E-state index < -0.39 is 5.82 Å². The summed E-state index contributed by atoms with van der Waals surface area (Å²) in [5.41, 5.74) is 2.46. The maximum Gasteiger partial charge on any atom is 0.193 e. The van der Waals surface area contributed by atoms with Crippen LogP contribution in [0.25, 0.3) is 0 Å². The molecule has 86 valence electrons. The van der Waals surface area contributed by atoms with Crippen molar-refractivity contribution in [1.29, 1.82) is 0 Å². The molecule has 0 fully saturated rings. The second kappa shape index (κ2) is 4.45. The molecule has 1 heterocycles. The van der Waals surface area contributed by atoms with Crippen LogP contribution >= 0.6 is 0 Å². The minimum Gasteiger partial charge on any atom is -0.289 e. The first-order chi connectivity index (χ1) is 8.06. The fourth-order valence-electron chi connectivity index (χ4n) is 1.76. The van der Waals surface area contributed by atoms with E-state index in [4.69, 9.17) is 0 Å². The molecule has 0 unspecified atom stereocenters. The lowest BCUT2D eigenvalue weighted by Crippen LogP contribution is -2.03. The first-order valence-corrected chi connectivity index (χ1v) is 5.32. The highest BCUT2D eigenvalue weighted by atomic mass is 19.1. The third-order valence-corrected chi connectivity index (χ3v) is 2.43. The number of pyridine rings is 1. The van der Waals surface area contributed by atoms with Gasteiger partial charge in [0.25, 0.3) is 0 Å². The predicted molar refractivity (Wildman–Crippen MR) is 63.5 cm³/mol. The van der Waals surface area contributed by atoms with Gasteiger partial charge in [-0.1, -0.05) is 12.1 Å². The van der Waals surface area contributed by atoms with Crippen molar-refractivity contribution in [3.8, 4) is 0 Å². The van der Waals surface area contributed by atoms with Gasteiger partial charge in [0.15, 0.2) is 5.78 Å². The van der Waals surface area contributed by atoms with Gasteiger partial charge in [-0.05, 0) is 38.1 Å². The maximum absolute atomic E-state index is 13.0. The van der Waals surface area contributed by atoms with Crippen LogP contribution in [-0.2, 0) is 0 Å². The lowest BCUT2D eigenvalue weighted by Gasteiger charge is -2.04. The van der Waals surface area contributed by atoms with Crippen molar-refractivity contribution in [2.75, 3.05) is 0 Å². The normalized spacial score (nSPS) is 10.3. The van der Waals surface area contributed by atoms with Gasteiger partial charge >= 0.3 is 0 Å². The number of benzene rings is 1. The number of rotatable bonds is 2. The zero-order chi connectivity index (χ0) is 12.4. The monoisotopic (exact) mass is 229 g/mol. The summed E-state index contributed by atoms with van der Waals surface area (Å²) < 4.78 is 13.0. The molecule has 0 radical (unpaired) electrons. The van der Waals surface area contributed by atoms with Gasteiger partial charge in [-0.3, -0.25) is 9.78 Å². The molecule has 0 N–H and O–H groups in total. The summed E-state index contributed by atoms with van der Waals surface area (Å²) in [6.45, 7) is 3.66. The van der Waals surface area contributed by atoms with Gasteiger partial charge in [0.2, 0.25) is 0 Å². The Morgan fingerprint density at radius 3 is 2.29 bits per heavy atom. The minimum atomic E-state index is -0.404. The summed E-state index contributed by atoms with van der Waals surface area (Å²) in [5.74, 6) is -0.587. The van der Waals surface area contributed by atoms with Gasteiger partial charge < -0.3 is 0 Å². The van der Waals surface area contributed by atoms with Gasteiger partial charge in [0.1, 0.15) is 5.82 Å². The zero-order valence-electron chi connectivity index (χ0n) is 9.70. The second-order valence-electron chi connectivity index (χ2n) is 3.98. The number of carbonyl (C=O) groups excluding carboxylic acids is 1. The highest BCUT2D eigenvalue weighted by Gasteiger charge is 2.10. The Hall–Kier alpha value is -2.03. The van der Waals surface area contributed by atoms with Gasteiger partial charge in [-0.15, -0.1) is 0 Å². The van der Waals surface area contributed by atoms with Crippen LogP contribution in [0.2, 0.25) is 0 Å². The molecule has 0 saturated carbocycles.